The topological polar surface area (TPSA) is 83.1 Å². The maximum absolute atomic E-state index is 12.5. The van der Waals surface area contributed by atoms with Gasteiger partial charge in [0.05, 0.1) is 20.8 Å². The molecule has 7 nitrogen and oxygen atoms in total. The zero-order valence-electron chi connectivity index (χ0n) is 21.4. The van der Waals surface area contributed by atoms with Crippen LogP contribution in [0.1, 0.15) is 36.7 Å². The number of methoxy groups -OCH3 is 2. The van der Waals surface area contributed by atoms with E-state index in [-0.39, 0.29) is 5.91 Å². The van der Waals surface area contributed by atoms with Gasteiger partial charge in [0.2, 0.25) is 0 Å². The fourth-order valence-corrected chi connectivity index (χ4v) is 3.62. The Hall–Kier alpha value is -4.00. The maximum atomic E-state index is 12.5. The van der Waals surface area contributed by atoms with E-state index < -0.39 is 11.6 Å². The van der Waals surface area contributed by atoms with Crippen molar-refractivity contribution >= 4 is 11.9 Å². The molecule has 7 heteroatoms. The van der Waals surface area contributed by atoms with Crippen molar-refractivity contribution in [2.75, 3.05) is 27.4 Å². The van der Waals surface area contributed by atoms with Crippen molar-refractivity contribution in [1.29, 1.82) is 0 Å². The van der Waals surface area contributed by atoms with E-state index in [1.165, 1.54) is 7.11 Å². The molecule has 1 amide bonds. The molecule has 0 saturated carbocycles. The molecule has 3 aromatic rings. The van der Waals surface area contributed by atoms with Gasteiger partial charge in [0.25, 0.3) is 5.91 Å². The molecule has 0 aliphatic heterocycles. The average molecular weight is 492 g/mol. The largest absolute Gasteiger partial charge is 0.493 e. The number of amides is 1. The second-order valence-corrected chi connectivity index (χ2v) is 8.63. The number of ether oxygens (including phenoxy) is 4. The SMILES string of the molecule is CCOC(=O)C(C)(C)Oc1ccc(-c2ccc(CCNC(=O)c3ccc(OC)c(OC)c3)cc2)cc1. The molecule has 190 valence electrons. The van der Waals surface area contributed by atoms with Crippen molar-refractivity contribution in [3.8, 4) is 28.4 Å². The molecule has 0 bridgehead atoms. The summed E-state index contributed by atoms with van der Waals surface area (Å²) in [6, 6.07) is 20.9. The van der Waals surface area contributed by atoms with Gasteiger partial charge in [0.15, 0.2) is 17.1 Å². The second kappa shape index (κ2) is 12.1. The molecule has 0 aromatic heterocycles. The fourth-order valence-electron chi connectivity index (χ4n) is 3.62. The molecule has 0 aliphatic carbocycles. The summed E-state index contributed by atoms with van der Waals surface area (Å²) in [5.74, 6) is 1.13. The lowest BCUT2D eigenvalue weighted by atomic mass is 10.0. The van der Waals surface area contributed by atoms with Gasteiger partial charge in [0.1, 0.15) is 5.75 Å². The lowest BCUT2D eigenvalue weighted by Gasteiger charge is -2.24. The molecule has 3 rings (SSSR count). The van der Waals surface area contributed by atoms with Gasteiger partial charge in [-0.3, -0.25) is 4.79 Å². The van der Waals surface area contributed by atoms with Crippen LogP contribution in [0.25, 0.3) is 11.1 Å². The fraction of sp³-hybridized carbons (Fsp3) is 0.310. The summed E-state index contributed by atoms with van der Waals surface area (Å²) >= 11 is 0. The summed E-state index contributed by atoms with van der Waals surface area (Å²) in [7, 11) is 3.10. The number of hydrogen-bond acceptors (Lipinski definition) is 6. The Morgan fingerprint density at radius 1 is 0.833 bits per heavy atom. The summed E-state index contributed by atoms with van der Waals surface area (Å²) < 4.78 is 21.4. The zero-order chi connectivity index (χ0) is 26.1. The minimum Gasteiger partial charge on any atom is -0.493 e. The van der Waals surface area contributed by atoms with Crippen LogP contribution in [0.5, 0.6) is 17.2 Å². The highest BCUT2D eigenvalue weighted by molar-refractivity contribution is 5.94. The predicted molar refractivity (Wildman–Crippen MR) is 139 cm³/mol. The van der Waals surface area contributed by atoms with Crippen LogP contribution in [0.3, 0.4) is 0 Å². The van der Waals surface area contributed by atoms with E-state index in [2.05, 4.69) is 5.32 Å². The summed E-state index contributed by atoms with van der Waals surface area (Å²) in [5.41, 5.74) is 2.66. The van der Waals surface area contributed by atoms with Gasteiger partial charge in [-0.15, -0.1) is 0 Å². The Labute approximate surface area is 212 Å². The van der Waals surface area contributed by atoms with Gasteiger partial charge < -0.3 is 24.3 Å². The smallest absolute Gasteiger partial charge is 0.349 e. The van der Waals surface area contributed by atoms with Crippen LogP contribution in [0.2, 0.25) is 0 Å². The normalized spacial score (nSPS) is 10.9. The van der Waals surface area contributed by atoms with E-state index in [1.807, 2.05) is 48.5 Å². The number of rotatable bonds is 11. The van der Waals surface area contributed by atoms with E-state index in [0.717, 1.165) is 16.7 Å². The van der Waals surface area contributed by atoms with E-state index >= 15 is 0 Å². The first-order valence-corrected chi connectivity index (χ1v) is 11.8. The van der Waals surface area contributed by atoms with Crippen molar-refractivity contribution in [3.05, 3.63) is 77.9 Å². The van der Waals surface area contributed by atoms with Gasteiger partial charge in [-0.05, 0) is 74.2 Å². The van der Waals surface area contributed by atoms with E-state index in [0.29, 0.717) is 42.4 Å². The number of carbonyl (C=O) groups excluding carboxylic acids is 2. The lowest BCUT2D eigenvalue weighted by Crippen LogP contribution is -2.39. The Kier molecular flexibility index (Phi) is 8.95. The van der Waals surface area contributed by atoms with Crippen molar-refractivity contribution in [2.24, 2.45) is 0 Å². The van der Waals surface area contributed by atoms with Crippen LogP contribution in [0, 0.1) is 0 Å². The predicted octanol–water partition coefficient (Wildman–Crippen LogP) is 5.06. The Bertz CT molecular complexity index is 1170. The molecule has 0 radical (unpaired) electrons. The van der Waals surface area contributed by atoms with Crippen LogP contribution >= 0.6 is 0 Å². The second-order valence-electron chi connectivity index (χ2n) is 8.63. The number of carbonyl (C=O) groups is 2. The van der Waals surface area contributed by atoms with Gasteiger partial charge in [-0.25, -0.2) is 4.79 Å². The molecule has 36 heavy (non-hydrogen) atoms. The quantitative estimate of drug-likeness (QED) is 0.378. The van der Waals surface area contributed by atoms with Gasteiger partial charge in [-0.1, -0.05) is 36.4 Å². The highest BCUT2D eigenvalue weighted by Gasteiger charge is 2.31. The van der Waals surface area contributed by atoms with Crippen LogP contribution in [-0.2, 0) is 16.0 Å². The summed E-state index contributed by atoms with van der Waals surface area (Å²) in [5, 5.41) is 2.94. The molecule has 0 atom stereocenters. The molecule has 0 unspecified atom stereocenters. The number of hydrogen-bond donors (Lipinski definition) is 1. The Morgan fingerprint density at radius 3 is 2.03 bits per heavy atom. The number of nitrogens with one attached hydrogen (secondary N) is 1. The van der Waals surface area contributed by atoms with E-state index in [4.69, 9.17) is 18.9 Å². The van der Waals surface area contributed by atoms with Crippen molar-refractivity contribution in [3.63, 3.8) is 0 Å². The third-order valence-corrected chi connectivity index (χ3v) is 5.63. The van der Waals surface area contributed by atoms with Crippen molar-refractivity contribution in [2.45, 2.75) is 32.8 Å². The van der Waals surface area contributed by atoms with Gasteiger partial charge >= 0.3 is 5.97 Å². The molecule has 0 fully saturated rings. The first kappa shape index (κ1) is 26.6. The minimum absolute atomic E-state index is 0.166. The zero-order valence-corrected chi connectivity index (χ0v) is 21.4. The molecular weight excluding hydrogens is 458 g/mol. The maximum Gasteiger partial charge on any atom is 0.349 e. The molecule has 0 heterocycles. The highest BCUT2D eigenvalue weighted by atomic mass is 16.6. The minimum atomic E-state index is -1.06. The standard InChI is InChI=1S/C29H33NO6/c1-6-35-28(32)29(2,3)36-24-14-11-22(12-15-24)21-9-7-20(8-10-21)17-18-30-27(31)23-13-16-25(33-4)26(19-23)34-5/h7-16,19H,6,17-18H2,1-5H3,(H,30,31). The van der Waals surface area contributed by atoms with Crippen LogP contribution in [-0.4, -0.2) is 44.8 Å². The molecule has 0 saturated heterocycles. The summed E-state index contributed by atoms with van der Waals surface area (Å²) in [6.07, 6.45) is 0.703. The molecule has 0 spiro atoms. The van der Waals surface area contributed by atoms with Crippen molar-refractivity contribution < 1.29 is 28.5 Å². The Morgan fingerprint density at radius 2 is 1.44 bits per heavy atom. The molecule has 1 N–H and O–H groups in total. The average Bonchev–Trinajstić information content (AvgIpc) is 2.89. The van der Waals surface area contributed by atoms with E-state index in [9.17, 15) is 9.59 Å². The Balaban J connectivity index is 1.54. The van der Waals surface area contributed by atoms with Gasteiger partial charge in [-0.2, -0.15) is 0 Å². The molecule has 3 aromatic carbocycles. The molecule has 0 aliphatic rings. The van der Waals surface area contributed by atoms with Crippen LogP contribution in [0.4, 0.5) is 0 Å². The van der Waals surface area contributed by atoms with Gasteiger partial charge in [0, 0.05) is 12.1 Å². The van der Waals surface area contributed by atoms with Crippen LogP contribution < -0.4 is 19.5 Å². The number of esters is 1. The van der Waals surface area contributed by atoms with Crippen LogP contribution in [0.15, 0.2) is 66.7 Å². The highest BCUT2D eigenvalue weighted by Crippen LogP contribution is 2.28. The number of benzene rings is 3. The monoisotopic (exact) mass is 491 g/mol. The first-order valence-electron chi connectivity index (χ1n) is 11.8. The third kappa shape index (κ3) is 6.78. The summed E-state index contributed by atoms with van der Waals surface area (Å²) in [4.78, 5) is 24.5. The first-order chi connectivity index (χ1) is 17.3. The summed E-state index contributed by atoms with van der Waals surface area (Å²) in [6.45, 7) is 5.96. The van der Waals surface area contributed by atoms with Crippen molar-refractivity contribution in [1.82, 2.24) is 5.32 Å². The third-order valence-electron chi connectivity index (χ3n) is 5.63. The lowest BCUT2D eigenvalue weighted by molar-refractivity contribution is -0.158. The van der Waals surface area contributed by atoms with E-state index in [1.54, 1.807) is 46.1 Å². The molecular formula is C29H33NO6.